The first-order valence-corrected chi connectivity index (χ1v) is 7.51. The summed E-state index contributed by atoms with van der Waals surface area (Å²) in [6, 6.07) is 0. The van der Waals surface area contributed by atoms with E-state index >= 15 is 0 Å². The van der Waals surface area contributed by atoms with Crippen molar-refractivity contribution in [3.8, 4) is 0 Å². The molecule has 0 radical (unpaired) electrons. The molecule has 0 aromatic carbocycles. The molecule has 1 unspecified atom stereocenters. The zero-order valence-corrected chi connectivity index (χ0v) is 10.8. The lowest BCUT2D eigenvalue weighted by Crippen LogP contribution is -2.34. The van der Waals surface area contributed by atoms with Crippen molar-refractivity contribution in [2.75, 3.05) is 12.8 Å². The van der Waals surface area contributed by atoms with Gasteiger partial charge in [-0.05, 0) is 4.98 Å². The van der Waals surface area contributed by atoms with Gasteiger partial charge in [0.1, 0.15) is 35.9 Å². The smallest absolute Gasteiger partial charge is 0.284 e. The summed E-state index contributed by atoms with van der Waals surface area (Å²) in [5, 5.41) is 28.9. The predicted octanol–water partition coefficient (Wildman–Crippen LogP) is -2.36. The van der Waals surface area contributed by atoms with Crippen molar-refractivity contribution in [2.45, 2.75) is 24.2 Å². The summed E-state index contributed by atoms with van der Waals surface area (Å²) in [5.41, 5.74) is 1.15. The number of Topliss-reactive ketones (excluding diaryl/α,β-unsaturated/α-hetero) is 1. The quantitative estimate of drug-likeness (QED) is 0.524. The second-order valence-electron chi connectivity index (χ2n) is 4.59. The maximum absolute atomic E-state index is 11.9. The van der Waals surface area contributed by atoms with Gasteiger partial charge >= 0.3 is 0 Å². The monoisotopic (exact) mass is 285 g/mol. The van der Waals surface area contributed by atoms with Gasteiger partial charge in [0.15, 0.2) is 11.2 Å². The number of aromatic amines is 1. The highest BCUT2D eigenvalue weighted by Gasteiger charge is 2.51. The molecule has 7 nitrogen and oxygen atoms in total. The van der Waals surface area contributed by atoms with E-state index in [1.807, 2.05) is 0 Å². The molecule has 102 valence electrons. The molecule has 8 heteroatoms. The molecule has 0 saturated carbocycles. The van der Waals surface area contributed by atoms with Gasteiger partial charge in [-0.15, -0.1) is 0 Å². The molecule has 3 rings (SSSR count). The van der Waals surface area contributed by atoms with E-state index < -0.39 is 32.1 Å². The highest BCUT2D eigenvalue weighted by molar-refractivity contribution is 7.68. The summed E-state index contributed by atoms with van der Waals surface area (Å²) >= 11 is 0. The number of rotatable bonds is 2. The Morgan fingerprint density at radius 2 is 2.26 bits per heavy atom. The Kier molecular flexibility index (Phi) is 3.32. The molecule has 3 heterocycles. The number of fused-ring (bicyclic) bond motifs is 1. The summed E-state index contributed by atoms with van der Waals surface area (Å²) < 4.78 is 5.50. The Morgan fingerprint density at radius 3 is 2.95 bits per heavy atom. The van der Waals surface area contributed by atoms with Crippen molar-refractivity contribution < 1.29 is 29.8 Å². The van der Waals surface area contributed by atoms with Crippen LogP contribution in [0.25, 0.3) is 0 Å². The lowest BCUT2D eigenvalue weighted by atomic mass is 10.2. The van der Waals surface area contributed by atoms with Gasteiger partial charge in [-0.25, -0.2) is 4.98 Å². The van der Waals surface area contributed by atoms with Crippen molar-refractivity contribution in [2.24, 2.45) is 0 Å². The Balaban J connectivity index is 1.91. The zero-order chi connectivity index (χ0) is 13.6. The van der Waals surface area contributed by atoms with Gasteiger partial charge in [-0.1, -0.05) is 0 Å². The van der Waals surface area contributed by atoms with Gasteiger partial charge in [0, 0.05) is 14.1 Å². The Hall–Kier alpha value is -0.980. The number of carbonyl (C=O) groups excluding carboxylic acids is 1. The Morgan fingerprint density at radius 1 is 1.47 bits per heavy atom. The van der Waals surface area contributed by atoms with Crippen molar-refractivity contribution in [1.82, 2.24) is 4.98 Å². The van der Waals surface area contributed by atoms with Gasteiger partial charge in [0.2, 0.25) is 0 Å². The van der Waals surface area contributed by atoms with E-state index in [9.17, 15) is 15.0 Å². The molecule has 1 fully saturated rings. The number of carbonyl (C=O) groups is 1. The molecule has 0 amide bonds. The number of aliphatic hydroxyl groups excluding tert-OH is 3. The number of hydrogen-bond donors (Lipinski definition) is 3. The molecule has 19 heavy (non-hydrogen) atoms. The van der Waals surface area contributed by atoms with Crippen LogP contribution in [0.15, 0.2) is 12.5 Å². The molecule has 1 aromatic heterocycles. The molecule has 1 aromatic rings. The first-order valence-electron chi connectivity index (χ1n) is 5.92. The van der Waals surface area contributed by atoms with E-state index in [0.717, 1.165) is 0 Å². The third kappa shape index (κ3) is 1.98. The van der Waals surface area contributed by atoms with Gasteiger partial charge < -0.3 is 20.1 Å². The van der Waals surface area contributed by atoms with E-state index in [2.05, 4.69) is 9.97 Å². The minimum absolute atomic E-state index is 0.0387. The van der Waals surface area contributed by atoms with Gasteiger partial charge in [0.25, 0.3) is 6.33 Å². The highest BCUT2D eigenvalue weighted by Crippen LogP contribution is 2.50. The highest BCUT2D eigenvalue weighted by atomic mass is 31.1. The topological polar surface area (TPSA) is 114 Å². The average Bonchev–Trinajstić information content (AvgIpc) is 2.90. The average molecular weight is 285 g/mol. The van der Waals surface area contributed by atoms with E-state index in [1.54, 1.807) is 6.20 Å². The molecule has 0 bridgehead atoms. The number of nitrogens with zero attached hydrogens (tertiary/aromatic N) is 1. The minimum atomic E-state index is -1.13. The molecular formula is C11H14N2O5P+. The second-order valence-corrected chi connectivity index (χ2v) is 6.77. The Labute approximate surface area is 110 Å². The van der Waals surface area contributed by atoms with E-state index in [4.69, 9.17) is 9.84 Å². The van der Waals surface area contributed by atoms with Gasteiger partial charge in [-0.2, -0.15) is 0 Å². The lowest BCUT2D eigenvalue weighted by Gasteiger charge is -2.19. The van der Waals surface area contributed by atoms with Crippen LogP contribution in [0.5, 0.6) is 0 Å². The normalized spacial score (nSPS) is 37.6. The molecule has 5 atom stereocenters. The molecule has 2 aliphatic heterocycles. The fraction of sp³-hybridized carbons (Fsp3) is 0.545. The standard InChI is InChI=1S/C11H13N2O5P/c14-2-7-8(16)9(17)11(18-7)19-3-6(15)5-1-12-4-13-10(5)19/h1,4,7-9,11,14,16-17H,2-3H2/p+1/t7-,8-,9-,11+,19?/m1/s1. The zero-order valence-electron chi connectivity index (χ0n) is 9.93. The summed E-state index contributed by atoms with van der Waals surface area (Å²) in [5.74, 6) is -0.703. The van der Waals surface area contributed by atoms with Gasteiger partial charge in [0.05, 0.1) is 6.61 Å². The molecule has 4 N–H and O–H groups in total. The van der Waals surface area contributed by atoms with Crippen LogP contribution in [0.1, 0.15) is 10.4 Å². The van der Waals surface area contributed by atoms with Crippen LogP contribution in [0.3, 0.4) is 0 Å². The maximum atomic E-state index is 11.9. The number of aromatic nitrogens is 2. The van der Waals surface area contributed by atoms with Gasteiger partial charge in [-0.3, -0.25) is 4.79 Å². The SMILES string of the molecule is O=C1CP([C@@H]2O[C@H](CO)[C@@H](O)[C@H]2O)c2nc[nH+]cc21. The molecular weight excluding hydrogens is 271 g/mol. The number of ether oxygens (including phenoxy) is 1. The first kappa shape index (κ1) is 13.0. The van der Waals surface area contributed by atoms with Crippen LogP contribution in [0.2, 0.25) is 0 Å². The number of H-pyrrole nitrogens is 1. The largest absolute Gasteiger partial charge is 0.394 e. The van der Waals surface area contributed by atoms with Crippen molar-refractivity contribution in [1.29, 1.82) is 0 Å². The van der Waals surface area contributed by atoms with Crippen LogP contribution in [-0.4, -0.2) is 63.0 Å². The molecule has 1 saturated heterocycles. The third-order valence-electron chi connectivity index (χ3n) is 3.44. The van der Waals surface area contributed by atoms with E-state index in [-0.39, 0.29) is 18.6 Å². The van der Waals surface area contributed by atoms with Crippen LogP contribution in [-0.2, 0) is 4.74 Å². The van der Waals surface area contributed by atoms with Crippen LogP contribution < -0.4 is 10.4 Å². The fourth-order valence-electron chi connectivity index (χ4n) is 2.45. The molecule has 0 aliphatic carbocycles. The summed E-state index contributed by atoms with van der Waals surface area (Å²) in [6.07, 6.45) is 0.279. The maximum Gasteiger partial charge on any atom is 0.284 e. The number of aliphatic hydroxyl groups is 3. The van der Waals surface area contributed by atoms with Crippen molar-refractivity contribution >= 4 is 19.1 Å². The van der Waals surface area contributed by atoms with Crippen LogP contribution >= 0.6 is 7.92 Å². The Bertz CT molecular complexity index is 514. The number of nitrogens with one attached hydrogen (secondary N) is 1. The summed E-state index contributed by atoms with van der Waals surface area (Å²) in [7, 11) is -1.12. The lowest BCUT2D eigenvalue weighted by molar-refractivity contribution is -0.382. The first-order chi connectivity index (χ1) is 9.13. The minimum Gasteiger partial charge on any atom is -0.394 e. The van der Waals surface area contributed by atoms with Crippen molar-refractivity contribution in [3.05, 3.63) is 18.1 Å². The van der Waals surface area contributed by atoms with E-state index in [0.29, 0.717) is 11.0 Å². The summed E-state index contributed by atoms with van der Waals surface area (Å²) in [6.45, 7) is -0.366. The fourth-order valence-corrected chi connectivity index (χ4v) is 5.05. The van der Waals surface area contributed by atoms with Crippen LogP contribution in [0.4, 0.5) is 0 Å². The molecule has 0 spiro atoms. The van der Waals surface area contributed by atoms with Crippen LogP contribution in [0, 0.1) is 0 Å². The van der Waals surface area contributed by atoms with E-state index in [1.165, 1.54) is 6.33 Å². The summed E-state index contributed by atoms with van der Waals surface area (Å²) in [4.78, 5) is 18.8. The number of ketones is 1. The van der Waals surface area contributed by atoms with Crippen molar-refractivity contribution in [3.63, 3.8) is 0 Å². The molecule has 2 aliphatic rings. The number of hydrogen-bond acceptors (Lipinski definition) is 6. The second kappa shape index (κ2) is 4.85. The third-order valence-corrected chi connectivity index (χ3v) is 6.01. The predicted molar refractivity (Wildman–Crippen MR) is 64.3 cm³/mol.